The van der Waals surface area contributed by atoms with E-state index in [4.69, 9.17) is 16.3 Å². The van der Waals surface area contributed by atoms with E-state index in [1.165, 1.54) is 54.6 Å². The number of nitrogens with one attached hydrogen (secondary N) is 1. The number of carbonyl (C=O) groups excluding carboxylic acids is 3. The number of ether oxygens (including phenoxy) is 1. The summed E-state index contributed by atoms with van der Waals surface area (Å²) in [7, 11) is 0. The van der Waals surface area contributed by atoms with Crippen molar-refractivity contribution in [3.05, 3.63) is 104 Å². The summed E-state index contributed by atoms with van der Waals surface area (Å²) in [5.74, 6) is -2.87. The second-order valence-corrected chi connectivity index (χ2v) is 6.84. The third-order valence-electron chi connectivity index (χ3n) is 4.24. The number of esters is 1. The number of hydrogen-bond acceptors (Lipinski definition) is 6. The molecule has 0 atom stereocenters. The van der Waals surface area contributed by atoms with Gasteiger partial charge in [-0.25, -0.2) is 9.18 Å². The number of hydrogen-bond donors (Lipinski definition) is 1. The average molecular weight is 457 g/mol. The van der Waals surface area contributed by atoms with Crippen LogP contribution in [0.25, 0.3) is 0 Å². The van der Waals surface area contributed by atoms with Crippen molar-refractivity contribution in [2.24, 2.45) is 0 Å². The molecule has 0 aliphatic rings. The number of anilines is 1. The first-order valence-corrected chi connectivity index (χ1v) is 9.44. The highest BCUT2D eigenvalue weighted by Crippen LogP contribution is 2.27. The van der Waals surface area contributed by atoms with Gasteiger partial charge in [0.25, 0.3) is 11.6 Å². The minimum absolute atomic E-state index is 0.0507. The van der Waals surface area contributed by atoms with Gasteiger partial charge in [-0.1, -0.05) is 35.9 Å². The molecule has 8 nitrogen and oxygen atoms in total. The zero-order chi connectivity index (χ0) is 23.3. The van der Waals surface area contributed by atoms with Crippen LogP contribution in [0.15, 0.2) is 66.7 Å². The molecule has 0 aliphatic heterocycles. The Balaban J connectivity index is 1.75. The van der Waals surface area contributed by atoms with E-state index < -0.39 is 40.7 Å². The number of amides is 1. The molecule has 3 aromatic carbocycles. The SMILES string of the molecule is O=C(COC(=O)c1ccccc1C(=O)c1ccc(Cl)c([N+](=O)[O-])c1)Nc1cccc(F)c1. The molecule has 0 unspecified atom stereocenters. The summed E-state index contributed by atoms with van der Waals surface area (Å²) in [6.07, 6.45) is 0. The Labute approximate surface area is 185 Å². The van der Waals surface area contributed by atoms with Crippen LogP contribution in [0.2, 0.25) is 5.02 Å². The number of carbonyl (C=O) groups is 3. The molecule has 1 N–H and O–H groups in total. The fourth-order valence-electron chi connectivity index (χ4n) is 2.78. The lowest BCUT2D eigenvalue weighted by Crippen LogP contribution is -2.22. The van der Waals surface area contributed by atoms with Crippen LogP contribution in [0.5, 0.6) is 0 Å². The lowest BCUT2D eigenvalue weighted by atomic mass is 9.98. The quantitative estimate of drug-likeness (QED) is 0.243. The highest BCUT2D eigenvalue weighted by Gasteiger charge is 2.22. The Bertz CT molecular complexity index is 1230. The smallest absolute Gasteiger partial charge is 0.339 e. The van der Waals surface area contributed by atoms with Gasteiger partial charge in [0, 0.05) is 22.9 Å². The lowest BCUT2D eigenvalue weighted by molar-refractivity contribution is -0.384. The van der Waals surface area contributed by atoms with Crippen LogP contribution in [0, 0.1) is 15.9 Å². The first-order chi connectivity index (χ1) is 15.3. The molecule has 0 saturated heterocycles. The van der Waals surface area contributed by atoms with Gasteiger partial charge in [-0.05, 0) is 36.4 Å². The fraction of sp³-hybridized carbons (Fsp3) is 0.0455. The molecule has 0 spiro atoms. The van der Waals surface area contributed by atoms with Crippen LogP contribution in [0.1, 0.15) is 26.3 Å². The Morgan fingerprint density at radius 3 is 2.41 bits per heavy atom. The Morgan fingerprint density at radius 1 is 1.00 bits per heavy atom. The van der Waals surface area contributed by atoms with Gasteiger partial charge in [-0.2, -0.15) is 0 Å². The lowest BCUT2D eigenvalue weighted by Gasteiger charge is -2.10. The van der Waals surface area contributed by atoms with E-state index in [-0.39, 0.29) is 27.4 Å². The molecule has 0 aromatic heterocycles. The molecule has 10 heteroatoms. The van der Waals surface area contributed by atoms with E-state index in [0.717, 1.165) is 12.1 Å². The van der Waals surface area contributed by atoms with Gasteiger partial charge in [0.1, 0.15) is 10.8 Å². The molecule has 0 radical (unpaired) electrons. The molecule has 0 aliphatic carbocycles. The standard InChI is InChI=1S/C22H14ClFN2O6/c23-18-9-8-13(10-19(18)26(30)31)21(28)16-6-1-2-7-17(16)22(29)32-12-20(27)25-15-5-3-4-14(24)11-15/h1-11H,12H2,(H,25,27). The fourth-order valence-corrected chi connectivity index (χ4v) is 2.97. The largest absolute Gasteiger partial charge is 0.452 e. The van der Waals surface area contributed by atoms with E-state index in [2.05, 4.69) is 5.32 Å². The molecule has 0 saturated carbocycles. The van der Waals surface area contributed by atoms with Crippen LogP contribution in [-0.2, 0) is 9.53 Å². The summed E-state index contributed by atoms with van der Waals surface area (Å²) in [5, 5.41) is 13.3. The summed E-state index contributed by atoms with van der Waals surface area (Å²) in [5.41, 5.74) is -0.518. The Kier molecular flexibility index (Phi) is 6.91. The monoisotopic (exact) mass is 456 g/mol. The highest BCUT2D eigenvalue weighted by molar-refractivity contribution is 6.33. The van der Waals surface area contributed by atoms with Gasteiger partial charge in [0.15, 0.2) is 12.4 Å². The van der Waals surface area contributed by atoms with E-state index in [1.807, 2.05) is 0 Å². The van der Waals surface area contributed by atoms with Crippen LogP contribution >= 0.6 is 11.6 Å². The number of nitro groups is 1. The minimum Gasteiger partial charge on any atom is -0.452 e. The van der Waals surface area contributed by atoms with Crippen molar-refractivity contribution in [2.75, 3.05) is 11.9 Å². The van der Waals surface area contributed by atoms with Crippen molar-refractivity contribution < 1.29 is 28.4 Å². The molecule has 162 valence electrons. The summed E-state index contributed by atoms with van der Waals surface area (Å²) < 4.78 is 18.2. The molecular formula is C22H14ClFN2O6. The molecule has 3 aromatic rings. The summed E-state index contributed by atoms with van der Waals surface area (Å²) in [6.45, 7) is -0.676. The van der Waals surface area contributed by atoms with Crippen molar-refractivity contribution in [3.8, 4) is 0 Å². The predicted molar refractivity (Wildman–Crippen MR) is 113 cm³/mol. The molecule has 0 heterocycles. The Hall–Kier alpha value is -4.11. The number of nitro benzene ring substituents is 1. The van der Waals surface area contributed by atoms with Crippen molar-refractivity contribution in [2.45, 2.75) is 0 Å². The molecular weight excluding hydrogens is 443 g/mol. The van der Waals surface area contributed by atoms with Crippen molar-refractivity contribution in [1.29, 1.82) is 0 Å². The maximum Gasteiger partial charge on any atom is 0.339 e. The maximum atomic E-state index is 13.2. The predicted octanol–water partition coefficient (Wildman–Crippen LogP) is 4.41. The maximum absolute atomic E-state index is 13.2. The van der Waals surface area contributed by atoms with Gasteiger partial charge in [0.2, 0.25) is 0 Å². The minimum atomic E-state index is -0.952. The molecule has 32 heavy (non-hydrogen) atoms. The normalized spacial score (nSPS) is 10.3. The van der Waals surface area contributed by atoms with Crippen LogP contribution in [-0.4, -0.2) is 29.2 Å². The van der Waals surface area contributed by atoms with Crippen LogP contribution < -0.4 is 5.32 Å². The number of rotatable bonds is 7. The van der Waals surface area contributed by atoms with Crippen molar-refractivity contribution in [3.63, 3.8) is 0 Å². The van der Waals surface area contributed by atoms with Gasteiger partial charge in [-0.15, -0.1) is 0 Å². The summed E-state index contributed by atoms with van der Waals surface area (Å²) in [6, 6.07) is 14.4. The van der Waals surface area contributed by atoms with Gasteiger partial charge in [0.05, 0.1) is 10.5 Å². The first-order valence-electron chi connectivity index (χ1n) is 9.06. The zero-order valence-corrected chi connectivity index (χ0v) is 17.0. The van der Waals surface area contributed by atoms with E-state index >= 15 is 0 Å². The number of halogens is 2. The number of benzene rings is 3. The van der Waals surface area contributed by atoms with Crippen LogP contribution in [0.3, 0.4) is 0 Å². The summed E-state index contributed by atoms with van der Waals surface area (Å²) >= 11 is 5.78. The third kappa shape index (κ3) is 5.32. The summed E-state index contributed by atoms with van der Waals surface area (Å²) in [4.78, 5) is 47.7. The molecule has 3 rings (SSSR count). The molecule has 0 bridgehead atoms. The second kappa shape index (κ2) is 9.80. The van der Waals surface area contributed by atoms with Crippen molar-refractivity contribution >= 4 is 40.6 Å². The zero-order valence-electron chi connectivity index (χ0n) is 16.2. The van der Waals surface area contributed by atoms with Crippen LogP contribution in [0.4, 0.5) is 15.8 Å². The van der Waals surface area contributed by atoms with E-state index in [0.29, 0.717) is 0 Å². The first kappa shape index (κ1) is 22.6. The topological polar surface area (TPSA) is 116 Å². The number of nitrogens with zero attached hydrogens (tertiary/aromatic N) is 1. The Morgan fingerprint density at radius 2 is 1.72 bits per heavy atom. The van der Waals surface area contributed by atoms with Crippen molar-refractivity contribution in [1.82, 2.24) is 0 Å². The second-order valence-electron chi connectivity index (χ2n) is 6.43. The van der Waals surface area contributed by atoms with E-state index in [1.54, 1.807) is 0 Å². The van der Waals surface area contributed by atoms with Gasteiger partial charge in [-0.3, -0.25) is 19.7 Å². The average Bonchev–Trinajstić information content (AvgIpc) is 2.77. The van der Waals surface area contributed by atoms with Gasteiger partial charge < -0.3 is 10.1 Å². The molecule has 0 fully saturated rings. The van der Waals surface area contributed by atoms with Gasteiger partial charge >= 0.3 is 5.97 Å². The number of ketones is 1. The molecule has 1 amide bonds. The highest BCUT2D eigenvalue weighted by atomic mass is 35.5. The van der Waals surface area contributed by atoms with E-state index in [9.17, 15) is 28.9 Å². The third-order valence-corrected chi connectivity index (χ3v) is 4.56.